The van der Waals surface area contributed by atoms with Gasteiger partial charge in [-0.1, -0.05) is 35.9 Å². The molecule has 3 N–H and O–H groups in total. The fraction of sp³-hybridized carbons (Fsp3) is 0.0370. The van der Waals surface area contributed by atoms with Crippen LogP contribution >= 0.6 is 22.9 Å². The molecular weight excluding hydrogens is 512 g/mol. The lowest BCUT2D eigenvalue weighted by atomic mass is 9.99. The number of carbonyl (C=O) groups is 1. The summed E-state index contributed by atoms with van der Waals surface area (Å²) in [6.45, 7) is 0. The highest BCUT2D eigenvalue weighted by atomic mass is 35.5. The summed E-state index contributed by atoms with van der Waals surface area (Å²) in [6, 6.07) is 22.7. The van der Waals surface area contributed by atoms with Crippen molar-refractivity contribution in [3.8, 4) is 28.1 Å². The Morgan fingerprint density at radius 2 is 1.73 bits per heavy atom. The molecular formula is C27H19ClN4O4S. The first-order chi connectivity index (χ1) is 17.9. The summed E-state index contributed by atoms with van der Waals surface area (Å²) in [5, 5.41) is 15.2. The van der Waals surface area contributed by atoms with E-state index in [1.54, 1.807) is 25.3 Å². The Morgan fingerprint density at radius 3 is 2.41 bits per heavy atom. The predicted octanol–water partition coefficient (Wildman–Crippen LogP) is 7.04. The Morgan fingerprint density at radius 1 is 1.05 bits per heavy atom. The van der Waals surface area contributed by atoms with Crippen molar-refractivity contribution in [3.05, 3.63) is 98.9 Å². The first kappa shape index (κ1) is 24.2. The van der Waals surface area contributed by atoms with Crippen molar-refractivity contribution in [2.24, 2.45) is 0 Å². The van der Waals surface area contributed by atoms with Crippen LogP contribution in [0.15, 0.2) is 78.9 Å². The van der Waals surface area contributed by atoms with Crippen LogP contribution in [0.3, 0.4) is 0 Å². The number of benzene rings is 3. The van der Waals surface area contributed by atoms with Crippen molar-refractivity contribution in [2.75, 3.05) is 18.2 Å². The van der Waals surface area contributed by atoms with Crippen LogP contribution in [0.5, 0.6) is 5.75 Å². The van der Waals surface area contributed by atoms with Gasteiger partial charge in [0, 0.05) is 22.0 Å². The van der Waals surface area contributed by atoms with Crippen LogP contribution in [-0.2, 0) is 0 Å². The van der Waals surface area contributed by atoms with E-state index in [9.17, 15) is 14.9 Å². The molecule has 37 heavy (non-hydrogen) atoms. The van der Waals surface area contributed by atoms with Crippen molar-refractivity contribution in [1.82, 2.24) is 4.98 Å². The van der Waals surface area contributed by atoms with E-state index in [-0.39, 0.29) is 21.9 Å². The lowest BCUT2D eigenvalue weighted by Gasteiger charge is -2.10. The highest BCUT2D eigenvalue weighted by molar-refractivity contribution is 7.21. The number of thiophene rings is 1. The predicted molar refractivity (Wildman–Crippen MR) is 148 cm³/mol. The maximum atomic E-state index is 13.2. The highest BCUT2D eigenvalue weighted by Crippen LogP contribution is 2.42. The molecule has 0 aliphatic heterocycles. The number of nitrogens with one attached hydrogen (secondary N) is 1. The van der Waals surface area contributed by atoms with Gasteiger partial charge in [-0.3, -0.25) is 14.9 Å². The Labute approximate surface area is 220 Å². The molecule has 8 nitrogen and oxygen atoms in total. The number of ether oxygens (including phenoxy) is 1. The number of pyridine rings is 1. The molecule has 3 aromatic carbocycles. The molecule has 0 radical (unpaired) electrons. The number of methoxy groups -OCH3 is 1. The number of fused-ring (bicyclic) bond motifs is 1. The standard InChI is InChI=1S/C27H19ClN4O4S/c1-36-18-12-8-16(9-13-18)21-14-19(15-6-10-17(28)11-7-15)23-24(29)25(37-27(23)31-21)26(33)30-20-4-2-3-5-22(20)32(34)35/h2-14H,29H2,1H3,(H,30,33). The summed E-state index contributed by atoms with van der Waals surface area (Å²) in [5.41, 5.74) is 9.81. The van der Waals surface area contributed by atoms with E-state index in [1.807, 2.05) is 42.5 Å². The first-order valence-corrected chi connectivity index (χ1v) is 12.2. The number of nitro groups is 1. The number of rotatable bonds is 6. The fourth-order valence-corrected chi connectivity index (χ4v) is 5.12. The van der Waals surface area contributed by atoms with Gasteiger partial charge in [-0.25, -0.2) is 4.98 Å². The van der Waals surface area contributed by atoms with E-state index in [2.05, 4.69) is 5.32 Å². The average Bonchev–Trinajstić information content (AvgIpc) is 3.25. The molecule has 0 spiro atoms. The van der Waals surface area contributed by atoms with Crippen molar-refractivity contribution in [1.29, 1.82) is 0 Å². The number of aromatic nitrogens is 1. The second kappa shape index (κ2) is 9.88. The summed E-state index contributed by atoms with van der Waals surface area (Å²) in [4.78, 5) is 29.6. The third-order valence-electron chi connectivity index (χ3n) is 5.80. The third-order valence-corrected chi connectivity index (χ3v) is 7.15. The molecule has 2 aromatic heterocycles. The summed E-state index contributed by atoms with van der Waals surface area (Å²) in [5.74, 6) is 0.167. The van der Waals surface area contributed by atoms with Crippen molar-refractivity contribution in [3.63, 3.8) is 0 Å². The molecule has 5 rings (SSSR count). The average molecular weight is 531 g/mol. The first-order valence-electron chi connectivity index (χ1n) is 11.0. The number of nitrogens with zero attached hydrogens (tertiary/aromatic N) is 2. The van der Waals surface area contributed by atoms with Crippen molar-refractivity contribution < 1.29 is 14.5 Å². The Hall–Kier alpha value is -4.47. The van der Waals surface area contributed by atoms with E-state index in [4.69, 9.17) is 27.1 Å². The molecule has 10 heteroatoms. The fourth-order valence-electron chi connectivity index (χ4n) is 3.97. The summed E-state index contributed by atoms with van der Waals surface area (Å²) in [6.07, 6.45) is 0. The van der Waals surface area contributed by atoms with E-state index in [0.29, 0.717) is 20.9 Å². The van der Waals surface area contributed by atoms with Crippen LogP contribution in [0, 0.1) is 10.1 Å². The maximum Gasteiger partial charge on any atom is 0.292 e. The molecule has 0 atom stereocenters. The van der Waals surface area contributed by atoms with Crippen molar-refractivity contribution >= 4 is 56.1 Å². The number of amides is 1. The van der Waals surface area contributed by atoms with E-state index < -0.39 is 10.8 Å². The summed E-state index contributed by atoms with van der Waals surface area (Å²) >= 11 is 7.24. The van der Waals surface area contributed by atoms with Gasteiger partial charge in [-0.2, -0.15) is 0 Å². The van der Waals surface area contributed by atoms with E-state index >= 15 is 0 Å². The topological polar surface area (TPSA) is 120 Å². The van der Waals surface area contributed by atoms with Gasteiger partial charge in [0.15, 0.2) is 0 Å². The number of halogens is 1. The number of nitro benzene ring substituents is 1. The van der Waals surface area contributed by atoms with Gasteiger partial charge < -0.3 is 15.8 Å². The van der Waals surface area contributed by atoms with Crippen LogP contribution in [-0.4, -0.2) is 22.9 Å². The molecule has 0 fully saturated rings. The summed E-state index contributed by atoms with van der Waals surface area (Å²) < 4.78 is 5.26. The number of nitrogens with two attached hydrogens (primary N) is 1. The van der Waals surface area contributed by atoms with Gasteiger partial charge in [0.1, 0.15) is 21.1 Å². The molecule has 184 valence electrons. The van der Waals surface area contributed by atoms with Gasteiger partial charge >= 0.3 is 0 Å². The van der Waals surface area contributed by atoms with Gasteiger partial charge in [0.2, 0.25) is 0 Å². The second-order valence-electron chi connectivity index (χ2n) is 8.04. The quantitative estimate of drug-likeness (QED) is 0.179. The van der Waals surface area contributed by atoms with Gasteiger partial charge in [-0.15, -0.1) is 11.3 Å². The number of anilines is 2. The third kappa shape index (κ3) is 4.69. The van der Waals surface area contributed by atoms with E-state index in [1.165, 1.54) is 18.2 Å². The smallest absolute Gasteiger partial charge is 0.292 e. The Balaban J connectivity index is 1.65. The lowest BCUT2D eigenvalue weighted by molar-refractivity contribution is -0.383. The minimum Gasteiger partial charge on any atom is -0.497 e. The highest BCUT2D eigenvalue weighted by Gasteiger charge is 2.23. The van der Waals surface area contributed by atoms with Crippen LogP contribution < -0.4 is 15.8 Å². The number of nitrogen functional groups attached to an aromatic ring is 1. The normalized spacial score (nSPS) is 10.9. The zero-order valence-electron chi connectivity index (χ0n) is 19.4. The SMILES string of the molecule is COc1ccc(-c2cc(-c3ccc(Cl)cc3)c3c(N)c(C(=O)Nc4ccccc4[N+](=O)[O-])sc3n2)cc1. The number of hydrogen-bond donors (Lipinski definition) is 2. The molecule has 0 unspecified atom stereocenters. The van der Waals surface area contributed by atoms with E-state index in [0.717, 1.165) is 33.8 Å². The van der Waals surface area contributed by atoms with Crippen LogP contribution in [0.25, 0.3) is 32.6 Å². The minimum atomic E-state index is -0.553. The molecule has 0 saturated heterocycles. The minimum absolute atomic E-state index is 0.0826. The Bertz CT molecular complexity index is 1650. The summed E-state index contributed by atoms with van der Waals surface area (Å²) in [7, 11) is 1.60. The van der Waals surface area contributed by atoms with Gasteiger partial charge in [-0.05, 0) is 59.7 Å². The van der Waals surface area contributed by atoms with Crippen LogP contribution in [0.1, 0.15) is 9.67 Å². The monoisotopic (exact) mass is 530 g/mol. The Kier molecular flexibility index (Phi) is 6.47. The largest absolute Gasteiger partial charge is 0.497 e. The molecule has 0 saturated carbocycles. The lowest BCUT2D eigenvalue weighted by Crippen LogP contribution is -2.13. The second-order valence-corrected chi connectivity index (χ2v) is 9.48. The van der Waals surface area contributed by atoms with Gasteiger partial charge in [0.05, 0.1) is 23.4 Å². The van der Waals surface area contributed by atoms with Crippen LogP contribution in [0.4, 0.5) is 17.1 Å². The molecule has 1 amide bonds. The molecule has 0 aliphatic rings. The molecule has 0 bridgehead atoms. The number of para-hydroxylation sites is 2. The zero-order chi connectivity index (χ0) is 26.1. The van der Waals surface area contributed by atoms with Crippen molar-refractivity contribution in [2.45, 2.75) is 0 Å². The maximum absolute atomic E-state index is 13.2. The molecule has 0 aliphatic carbocycles. The molecule has 5 aromatic rings. The zero-order valence-corrected chi connectivity index (χ0v) is 21.0. The number of carbonyl (C=O) groups excluding carboxylic acids is 1. The van der Waals surface area contributed by atoms with Crippen LogP contribution in [0.2, 0.25) is 5.02 Å². The molecule has 2 heterocycles. The van der Waals surface area contributed by atoms with Gasteiger partial charge in [0.25, 0.3) is 11.6 Å². The number of hydrogen-bond acceptors (Lipinski definition) is 7.